The van der Waals surface area contributed by atoms with Crippen LogP contribution in [-0.4, -0.2) is 6.54 Å². The summed E-state index contributed by atoms with van der Waals surface area (Å²) in [6, 6.07) is 5.94. The van der Waals surface area contributed by atoms with Gasteiger partial charge in [0.1, 0.15) is 0 Å². The maximum atomic E-state index is 5.85. The minimum absolute atomic E-state index is 0.826. The molecule has 11 heavy (non-hydrogen) atoms. The van der Waals surface area contributed by atoms with Gasteiger partial charge in [-0.15, -0.1) is 0 Å². The minimum Gasteiger partial charge on any atom is -0.385 e. The maximum absolute atomic E-state index is 5.85. The average molecular weight is 170 g/mol. The Bertz CT molecular complexity index is 245. The average Bonchev–Trinajstić information content (AvgIpc) is 1.98. The van der Waals surface area contributed by atoms with E-state index in [4.69, 9.17) is 11.6 Å². The third-order valence-corrected chi connectivity index (χ3v) is 1.96. The number of nitrogens with one attached hydrogen (secondary N) is 1. The minimum atomic E-state index is 0.826. The predicted molar refractivity (Wildman–Crippen MR) is 50.4 cm³/mol. The van der Waals surface area contributed by atoms with Gasteiger partial charge in [0.05, 0.1) is 0 Å². The molecule has 0 fully saturated rings. The van der Waals surface area contributed by atoms with E-state index in [2.05, 4.69) is 12.2 Å². The lowest BCUT2D eigenvalue weighted by Crippen LogP contribution is -1.96. The Kier molecular flexibility index (Phi) is 2.77. The van der Waals surface area contributed by atoms with Crippen LogP contribution in [0, 0.1) is 6.92 Å². The van der Waals surface area contributed by atoms with Gasteiger partial charge in [-0.05, 0) is 37.6 Å². The summed E-state index contributed by atoms with van der Waals surface area (Å²) in [5, 5.41) is 4.04. The molecule has 0 amide bonds. The Morgan fingerprint density at radius 2 is 2.18 bits per heavy atom. The van der Waals surface area contributed by atoms with Crippen molar-refractivity contribution in [3.05, 3.63) is 28.8 Å². The summed E-state index contributed by atoms with van der Waals surface area (Å²) >= 11 is 5.85. The number of rotatable bonds is 2. The Balaban J connectivity index is 2.86. The molecule has 60 valence electrons. The van der Waals surface area contributed by atoms with Crippen LogP contribution in [0.2, 0.25) is 5.02 Å². The molecular formula is C9H12ClN. The van der Waals surface area contributed by atoms with Crippen molar-refractivity contribution < 1.29 is 0 Å². The second-order valence-electron chi connectivity index (χ2n) is 2.49. The highest BCUT2D eigenvalue weighted by Crippen LogP contribution is 2.18. The van der Waals surface area contributed by atoms with Gasteiger partial charge in [0.15, 0.2) is 0 Å². The molecule has 0 atom stereocenters. The first-order valence-corrected chi connectivity index (χ1v) is 4.12. The van der Waals surface area contributed by atoms with E-state index in [-0.39, 0.29) is 0 Å². The second-order valence-corrected chi connectivity index (χ2v) is 2.90. The molecule has 1 aromatic carbocycles. The van der Waals surface area contributed by atoms with Crippen LogP contribution in [0.3, 0.4) is 0 Å². The number of anilines is 1. The van der Waals surface area contributed by atoms with Crippen molar-refractivity contribution in [2.75, 3.05) is 11.9 Å². The van der Waals surface area contributed by atoms with Crippen molar-refractivity contribution >= 4 is 17.3 Å². The van der Waals surface area contributed by atoms with Crippen LogP contribution in [0.4, 0.5) is 5.69 Å². The van der Waals surface area contributed by atoms with Crippen molar-refractivity contribution in [3.63, 3.8) is 0 Å². The fourth-order valence-corrected chi connectivity index (χ4v) is 1.08. The van der Waals surface area contributed by atoms with E-state index < -0.39 is 0 Å². The monoisotopic (exact) mass is 169 g/mol. The molecule has 0 saturated carbocycles. The molecule has 1 N–H and O–H groups in total. The fourth-order valence-electron chi connectivity index (χ4n) is 0.959. The summed E-state index contributed by atoms with van der Waals surface area (Å²) in [5.41, 5.74) is 2.25. The number of aryl methyl sites for hydroxylation is 1. The van der Waals surface area contributed by atoms with E-state index in [1.54, 1.807) is 0 Å². The van der Waals surface area contributed by atoms with Crippen LogP contribution < -0.4 is 5.32 Å². The van der Waals surface area contributed by atoms with Crippen molar-refractivity contribution in [2.45, 2.75) is 13.8 Å². The molecule has 1 nitrogen and oxygen atoms in total. The van der Waals surface area contributed by atoms with E-state index in [1.165, 1.54) is 0 Å². The first kappa shape index (κ1) is 8.41. The largest absolute Gasteiger partial charge is 0.385 e. The van der Waals surface area contributed by atoms with E-state index in [1.807, 2.05) is 25.1 Å². The number of benzene rings is 1. The van der Waals surface area contributed by atoms with Crippen LogP contribution >= 0.6 is 11.6 Å². The van der Waals surface area contributed by atoms with Gasteiger partial charge >= 0.3 is 0 Å². The van der Waals surface area contributed by atoms with E-state index in [0.717, 1.165) is 22.8 Å². The molecule has 1 rings (SSSR count). The Labute approximate surface area is 72.4 Å². The molecule has 0 radical (unpaired) electrons. The third kappa shape index (κ3) is 2.12. The molecule has 0 aliphatic carbocycles. The topological polar surface area (TPSA) is 12.0 Å². The maximum Gasteiger partial charge on any atom is 0.0436 e. The van der Waals surface area contributed by atoms with Crippen LogP contribution in [0.15, 0.2) is 18.2 Å². The van der Waals surface area contributed by atoms with Gasteiger partial charge in [0, 0.05) is 17.3 Å². The van der Waals surface area contributed by atoms with Crippen molar-refractivity contribution in [3.8, 4) is 0 Å². The highest BCUT2D eigenvalue weighted by atomic mass is 35.5. The zero-order valence-electron chi connectivity index (χ0n) is 6.82. The molecule has 0 heterocycles. The fraction of sp³-hybridized carbons (Fsp3) is 0.333. The van der Waals surface area contributed by atoms with E-state index >= 15 is 0 Å². The summed E-state index contributed by atoms with van der Waals surface area (Å²) in [5.74, 6) is 0. The summed E-state index contributed by atoms with van der Waals surface area (Å²) < 4.78 is 0. The first-order valence-electron chi connectivity index (χ1n) is 3.74. The summed E-state index contributed by atoms with van der Waals surface area (Å²) in [6.07, 6.45) is 0. The van der Waals surface area contributed by atoms with E-state index in [9.17, 15) is 0 Å². The molecule has 0 aromatic heterocycles. The van der Waals surface area contributed by atoms with Gasteiger partial charge in [-0.1, -0.05) is 11.6 Å². The SMILES string of the molecule is CCNc1ccc(Cl)c(C)c1. The quantitative estimate of drug-likeness (QED) is 0.718. The highest BCUT2D eigenvalue weighted by molar-refractivity contribution is 6.31. The van der Waals surface area contributed by atoms with Gasteiger partial charge in [-0.3, -0.25) is 0 Å². The molecule has 0 saturated heterocycles. The summed E-state index contributed by atoms with van der Waals surface area (Å²) in [4.78, 5) is 0. The van der Waals surface area contributed by atoms with Gasteiger partial charge in [0.2, 0.25) is 0 Å². The number of hydrogen-bond acceptors (Lipinski definition) is 1. The van der Waals surface area contributed by atoms with E-state index in [0.29, 0.717) is 0 Å². The van der Waals surface area contributed by atoms with Crippen molar-refractivity contribution in [2.24, 2.45) is 0 Å². The molecule has 1 aromatic rings. The smallest absolute Gasteiger partial charge is 0.0436 e. The van der Waals surface area contributed by atoms with Crippen LogP contribution in [-0.2, 0) is 0 Å². The third-order valence-electron chi connectivity index (χ3n) is 1.54. The number of hydrogen-bond donors (Lipinski definition) is 1. The van der Waals surface area contributed by atoms with Gasteiger partial charge in [-0.25, -0.2) is 0 Å². The molecular weight excluding hydrogens is 158 g/mol. The summed E-state index contributed by atoms with van der Waals surface area (Å²) in [7, 11) is 0. The van der Waals surface area contributed by atoms with Crippen LogP contribution in [0.5, 0.6) is 0 Å². The standard InChI is InChI=1S/C9H12ClN/c1-3-11-8-4-5-9(10)7(2)6-8/h4-6,11H,3H2,1-2H3. The Hall–Kier alpha value is -0.690. The molecule has 0 bridgehead atoms. The Morgan fingerprint density at radius 1 is 1.45 bits per heavy atom. The van der Waals surface area contributed by atoms with Crippen LogP contribution in [0.1, 0.15) is 12.5 Å². The van der Waals surface area contributed by atoms with Gasteiger partial charge in [0.25, 0.3) is 0 Å². The second kappa shape index (κ2) is 3.63. The molecule has 2 heteroatoms. The number of halogens is 1. The molecule has 0 unspecified atom stereocenters. The van der Waals surface area contributed by atoms with Gasteiger partial charge in [-0.2, -0.15) is 0 Å². The molecule has 0 aliphatic rings. The van der Waals surface area contributed by atoms with Gasteiger partial charge < -0.3 is 5.32 Å². The zero-order chi connectivity index (χ0) is 8.27. The highest BCUT2D eigenvalue weighted by Gasteiger charge is 1.94. The lowest BCUT2D eigenvalue weighted by molar-refractivity contribution is 1.21. The lowest BCUT2D eigenvalue weighted by atomic mass is 10.2. The van der Waals surface area contributed by atoms with Crippen molar-refractivity contribution in [1.82, 2.24) is 0 Å². The van der Waals surface area contributed by atoms with Crippen LogP contribution in [0.25, 0.3) is 0 Å². The molecule has 0 spiro atoms. The first-order chi connectivity index (χ1) is 5.24. The normalized spacial score (nSPS) is 9.73. The summed E-state index contributed by atoms with van der Waals surface area (Å²) in [6.45, 7) is 5.02. The van der Waals surface area contributed by atoms with Crippen molar-refractivity contribution in [1.29, 1.82) is 0 Å². The zero-order valence-corrected chi connectivity index (χ0v) is 7.57. The Morgan fingerprint density at radius 3 is 2.73 bits per heavy atom. The lowest BCUT2D eigenvalue weighted by Gasteiger charge is -2.04. The predicted octanol–water partition coefficient (Wildman–Crippen LogP) is 3.08. The molecule has 0 aliphatic heterocycles.